The Morgan fingerprint density at radius 3 is 2.57 bits per heavy atom. The van der Waals surface area contributed by atoms with Crippen LogP contribution in [0.15, 0.2) is 35.1 Å². The third-order valence-corrected chi connectivity index (χ3v) is 5.39. The second-order valence-electron chi connectivity index (χ2n) is 7.57. The molecule has 1 saturated carbocycles. The van der Waals surface area contributed by atoms with Crippen LogP contribution < -0.4 is 10.6 Å². The minimum absolute atomic E-state index is 0.0486. The average molecular weight is 415 g/mol. The molecular formula is C21H23F2N5O2. The molecule has 3 aromatic heterocycles. The molecule has 0 atom stereocenters. The lowest BCUT2D eigenvalue weighted by molar-refractivity contribution is -0.120. The highest BCUT2D eigenvalue weighted by Gasteiger charge is 2.26. The Balaban J connectivity index is 1.40. The van der Waals surface area contributed by atoms with Crippen molar-refractivity contribution in [2.24, 2.45) is 5.92 Å². The average Bonchev–Trinajstić information content (AvgIpc) is 3.18. The van der Waals surface area contributed by atoms with Crippen LogP contribution in [0, 0.1) is 12.8 Å². The number of nitrogens with one attached hydrogen (secondary N) is 2. The number of alkyl halides is 2. The van der Waals surface area contributed by atoms with Crippen LogP contribution in [-0.2, 0) is 4.79 Å². The van der Waals surface area contributed by atoms with Gasteiger partial charge in [-0.15, -0.1) is 0 Å². The zero-order valence-electron chi connectivity index (χ0n) is 16.6. The van der Waals surface area contributed by atoms with Gasteiger partial charge in [-0.25, -0.2) is 18.7 Å². The molecule has 1 fully saturated rings. The first kappa shape index (κ1) is 20.3. The molecule has 0 saturated heterocycles. The molecule has 3 aromatic rings. The second kappa shape index (κ2) is 8.83. The fraction of sp³-hybridized carbons (Fsp3) is 0.429. The maximum Gasteiger partial charge on any atom is 0.250 e. The Hall–Kier alpha value is -2.94. The van der Waals surface area contributed by atoms with Gasteiger partial charge in [-0.2, -0.15) is 0 Å². The van der Waals surface area contributed by atoms with Crippen molar-refractivity contribution >= 4 is 22.5 Å². The van der Waals surface area contributed by atoms with E-state index >= 15 is 0 Å². The highest BCUT2D eigenvalue weighted by atomic mass is 19.3. The molecular weight excluding hydrogens is 392 g/mol. The van der Waals surface area contributed by atoms with Crippen LogP contribution in [0.5, 0.6) is 0 Å². The van der Waals surface area contributed by atoms with Crippen molar-refractivity contribution in [3.05, 3.63) is 36.6 Å². The van der Waals surface area contributed by atoms with Crippen molar-refractivity contribution in [2.45, 2.75) is 45.1 Å². The van der Waals surface area contributed by atoms with E-state index in [1.165, 1.54) is 0 Å². The largest absolute Gasteiger partial charge is 0.439 e. The van der Waals surface area contributed by atoms with Crippen LogP contribution in [0.3, 0.4) is 0 Å². The summed E-state index contributed by atoms with van der Waals surface area (Å²) in [5.41, 5.74) is 0.654. The number of amides is 1. The molecule has 30 heavy (non-hydrogen) atoms. The van der Waals surface area contributed by atoms with Crippen LogP contribution in [0.25, 0.3) is 22.2 Å². The van der Waals surface area contributed by atoms with Gasteiger partial charge >= 0.3 is 0 Å². The highest BCUT2D eigenvalue weighted by molar-refractivity contribution is 5.94. The number of hydrogen-bond donors (Lipinski definition) is 2. The third-order valence-electron chi connectivity index (χ3n) is 5.39. The summed E-state index contributed by atoms with van der Waals surface area (Å²) in [7, 11) is 0. The number of nitrogens with zero attached hydrogens (tertiary/aromatic N) is 3. The summed E-state index contributed by atoms with van der Waals surface area (Å²) in [5, 5.41) is 7.46. The van der Waals surface area contributed by atoms with Gasteiger partial charge in [0.1, 0.15) is 11.5 Å². The summed E-state index contributed by atoms with van der Waals surface area (Å²) < 4.78 is 30.2. The smallest absolute Gasteiger partial charge is 0.250 e. The van der Waals surface area contributed by atoms with Crippen molar-refractivity contribution < 1.29 is 18.0 Å². The summed E-state index contributed by atoms with van der Waals surface area (Å²) in [6, 6.07) is 3.72. The number of halogens is 2. The molecule has 1 aliphatic carbocycles. The van der Waals surface area contributed by atoms with Crippen LogP contribution in [-0.4, -0.2) is 39.9 Å². The lowest BCUT2D eigenvalue weighted by Gasteiger charge is -2.28. The van der Waals surface area contributed by atoms with E-state index in [-0.39, 0.29) is 24.4 Å². The van der Waals surface area contributed by atoms with E-state index in [0.29, 0.717) is 48.8 Å². The van der Waals surface area contributed by atoms with E-state index in [2.05, 4.69) is 25.6 Å². The summed E-state index contributed by atoms with van der Waals surface area (Å²) in [6.45, 7) is 1.47. The molecule has 0 aromatic carbocycles. The Morgan fingerprint density at radius 1 is 1.10 bits per heavy atom. The topological polar surface area (TPSA) is 92.9 Å². The standard InChI is InChI=1S/C21H23F2N5O2/c1-12-24-10-18(30-12)17-6-14-7-20(27-9-15(14)8-26-17)28-21(29)13-2-4-16(5-3-13)25-11-19(22)23/h6-10,13,16,19,25H,2-5,11H2,1H3,(H,27,28,29)/t13-,16-. The fourth-order valence-corrected chi connectivity index (χ4v) is 3.76. The number of pyridine rings is 2. The third kappa shape index (κ3) is 4.79. The molecule has 0 radical (unpaired) electrons. The van der Waals surface area contributed by atoms with Gasteiger partial charge in [0.2, 0.25) is 5.91 Å². The number of anilines is 1. The minimum atomic E-state index is -2.35. The molecule has 7 nitrogen and oxygen atoms in total. The first-order chi connectivity index (χ1) is 14.5. The highest BCUT2D eigenvalue weighted by Crippen LogP contribution is 2.27. The molecule has 0 bridgehead atoms. The normalized spacial score (nSPS) is 19.3. The zero-order valence-corrected chi connectivity index (χ0v) is 16.6. The Labute approximate surface area is 172 Å². The quantitative estimate of drug-likeness (QED) is 0.633. The van der Waals surface area contributed by atoms with E-state index in [9.17, 15) is 13.6 Å². The van der Waals surface area contributed by atoms with Gasteiger partial charge < -0.3 is 15.1 Å². The van der Waals surface area contributed by atoms with Gasteiger partial charge in [0.05, 0.1) is 12.7 Å². The summed E-state index contributed by atoms with van der Waals surface area (Å²) >= 11 is 0. The first-order valence-corrected chi connectivity index (χ1v) is 9.99. The number of aryl methyl sites for hydroxylation is 1. The Kier molecular flexibility index (Phi) is 5.98. The molecule has 158 valence electrons. The van der Waals surface area contributed by atoms with Crippen LogP contribution >= 0.6 is 0 Å². The molecule has 1 aliphatic rings. The van der Waals surface area contributed by atoms with E-state index in [4.69, 9.17) is 4.42 Å². The van der Waals surface area contributed by atoms with Gasteiger partial charge in [0, 0.05) is 36.7 Å². The molecule has 2 N–H and O–H groups in total. The van der Waals surface area contributed by atoms with Gasteiger partial charge in [0.25, 0.3) is 6.43 Å². The van der Waals surface area contributed by atoms with E-state index < -0.39 is 6.43 Å². The van der Waals surface area contributed by atoms with E-state index in [0.717, 1.165) is 10.8 Å². The van der Waals surface area contributed by atoms with E-state index in [1.807, 2.05) is 6.07 Å². The van der Waals surface area contributed by atoms with Gasteiger partial charge in [-0.05, 0) is 43.2 Å². The van der Waals surface area contributed by atoms with Crippen molar-refractivity contribution in [3.63, 3.8) is 0 Å². The number of carbonyl (C=O) groups is 1. The molecule has 1 amide bonds. The van der Waals surface area contributed by atoms with Crippen molar-refractivity contribution in [2.75, 3.05) is 11.9 Å². The first-order valence-electron chi connectivity index (χ1n) is 9.99. The molecule has 3 heterocycles. The predicted molar refractivity (Wildman–Crippen MR) is 108 cm³/mol. The molecule has 0 spiro atoms. The number of fused-ring (bicyclic) bond motifs is 1. The van der Waals surface area contributed by atoms with Crippen molar-refractivity contribution in [1.82, 2.24) is 20.3 Å². The predicted octanol–water partition coefficient (Wildman–Crippen LogP) is 3.95. The Bertz CT molecular complexity index is 1030. The van der Waals surface area contributed by atoms with Gasteiger partial charge in [0.15, 0.2) is 11.7 Å². The Morgan fingerprint density at radius 2 is 1.87 bits per heavy atom. The summed E-state index contributed by atoms with van der Waals surface area (Å²) in [5.74, 6) is 1.38. The molecule has 0 aliphatic heterocycles. The van der Waals surface area contributed by atoms with Gasteiger partial charge in [-0.3, -0.25) is 9.78 Å². The monoisotopic (exact) mass is 415 g/mol. The summed E-state index contributed by atoms with van der Waals surface area (Å²) in [6.07, 6.45) is 5.39. The number of rotatable bonds is 6. The zero-order chi connectivity index (χ0) is 21.1. The van der Waals surface area contributed by atoms with E-state index in [1.54, 1.807) is 31.6 Å². The molecule has 9 heteroatoms. The second-order valence-corrected chi connectivity index (χ2v) is 7.57. The number of hydrogen-bond acceptors (Lipinski definition) is 6. The maximum atomic E-state index is 12.6. The minimum Gasteiger partial charge on any atom is -0.439 e. The van der Waals surface area contributed by atoms with Crippen molar-refractivity contribution in [1.29, 1.82) is 0 Å². The van der Waals surface area contributed by atoms with Crippen LogP contribution in [0.4, 0.5) is 14.6 Å². The number of aromatic nitrogens is 3. The summed E-state index contributed by atoms with van der Waals surface area (Å²) in [4.78, 5) is 25.4. The fourth-order valence-electron chi connectivity index (χ4n) is 3.76. The van der Waals surface area contributed by atoms with Crippen LogP contribution in [0.2, 0.25) is 0 Å². The van der Waals surface area contributed by atoms with Crippen LogP contribution in [0.1, 0.15) is 31.6 Å². The molecule has 0 unspecified atom stereocenters. The SMILES string of the molecule is Cc1ncc(-c2cc3cc(NC(=O)[C@H]4CC[C@H](NCC(F)F)CC4)ncc3cn2)o1. The molecule has 4 rings (SSSR count). The lowest BCUT2D eigenvalue weighted by atomic mass is 9.85. The number of oxazole rings is 1. The van der Waals surface area contributed by atoms with Gasteiger partial charge in [-0.1, -0.05) is 0 Å². The maximum absolute atomic E-state index is 12.6. The number of carbonyl (C=O) groups excluding carboxylic acids is 1. The van der Waals surface area contributed by atoms with Crippen molar-refractivity contribution in [3.8, 4) is 11.5 Å². The lowest BCUT2D eigenvalue weighted by Crippen LogP contribution is -2.38.